The summed E-state index contributed by atoms with van der Waals surface area (Å²) in [5, 5.41) is 9.15. The summed E-state index contributed by atoms with van der Waals surface area (Å²) in [4.78, 5) is 11.0. The largest absolute Gasteiger partial charge is 0.379 e. The SMILES string of the molecule is CCNC(=NCc1ccccc1CN(C)C)NCC(c1cccs1)N1CCOCC1.I. The Morgan fingerprint density at radius 3 is 2.52 bits per heavy atom. The number of aliphatic imine (C=N–C) groups is 1. The lowest BCUT2D eigenvalue weighted by molar-refractivity contribution is 0.0177. The number of thiophene rings is 1. The van der Waals surface area contributed by atoms with Gasteiger partial charge in [-0.25, -0.2) is 4.99 Å². The first kappa shape index (κ1) is 26.1. The summed E-state index contributed by atoms with van der Waals surface area (Å²) in [7, 11) is 4.20. The van der Waals surface area contributed by atoms with E-state index in [9.17, 15) is 0 Å². The van der Waals surface area contributed by atoms with Gasteiger partial charge in [-0.1, -0.05) is 30.3 Å². The second kappa shape index (κ2) is 14.1. The number of hydrogen-bond acceptors (Lipinski definition) is 5. The predicted octanol–water partition coefficient (Wildman–Crippen LogP) is 3.56. The molecule has 2 aromatic rings. The minimum absolute atomic E-state index is 0. The van der Waals surface area contributed by atoms with Crippen LogP contribution in [-0.4, -0.2) is 69.2 Å². The third-order valence-electron chi connectivity index (χ3n) is 5.18. The zero-order valence-corrected chi connectivity index (χ0v) is 22.0. The van der Waals surface area contributed by atoms with Gasteiger partial charge in [-0.2, -0.15) is 0 Å². The summed E-state index contributed by atoms with van der Waals surface area (Å²) in [6.45, 7) is 8.91. The number of rotatable bonds is 9. The van der Waals surface area contributed by atoms with Crippen molar-refractivity contribution in [3.05, 3.63) is 57.8 Å². The predicted molar refractivity (Wildman–Crippen MR) is 142 cm³/mol. The lowest BCUT2D eigenvalue weighted by atomic mass is 10.1. The van der Waals surface area contributed by atoms with Crippen molar-refractivity contribution in [1.82, 2.24) is 20.4 Å². The van der Waals surface area contributed by atoms with E-state index in [4.69, 9.17) is 9.73 Å². The van der Waals surface area contributed by atoms with Crippen molar-refractivity contribution >= 4 is 41.3 Å². The number of guanidine groups is 1. The molecule has 2 heterocycles. The van der Waals surface area contributed by atoms with Crippen molar-refractivity contribution in [3.63, 3.8) is 0 Å². The highest BCUT2D eigenvalue weighted by molar-refractivity contribution is 14.0. The molecule has 1 aliphatic rings. The van der Waals surface area contributed by atoms with Crippen LogP contribution in [0.3, 0.4) is 0 Å². The molecule has 0 amide bonds. The van der Waals surface area contributed by atoms with Crippen LogP contribution in [0.15, 0.2) is 46.8 Å². The average Bonchev–Trinajstić information content (AvgIpc) is 3.28. The molecule has 172 valence electrons. The zero-order valence-electron chi connectivity index (χ0n) is 18.8. The first-order valence-electron chi connectivity index (χ1n) is 10.8. The standard InChI is InChI=1S/C23H35N5OS.HI/c1-4-24-23(25-16-19-8-5-6-9-20(19)18-27(2)3)26-17-21(22-10-7-15-30-22)28-11-13-29-14-12-28;/h5-10,15,21H,4,11-14,16-18H2,1-3H3,(H2,24,25,26);1H. The maximum absolute atomic E-state index is 5.56. The first-order valence-corrected chi connectivity index (χ1v) is 11.6. The van der Waals surface area contributed by atoms with Gasteiger partial charge in [-0.3, -0.25) is 4.90 Å². The third-order valence-corrected chi connectivity index (χ3v) is 6.15. The fourth-order valence-corrected chi connectivity index (χ4v) is 4.55. The normalized spacial score (nSPS) is 16.1. The summed E-state index contributed by atoms with van der Waals surface area (Å²) in [5.41, 5.74) is 2.60. The Labute approximate surface area is 208 Å². The number of ether oxygens (including phenoxy) is 1. The van der Waals surface area contributed by atoms with Crippen molar-refractivity contribution in [2.24, 2.45) is 4.99 Å². The van der Waals surface area contributed by atoms with Crippen molar-refractivity contribution in [2.75, 3.05) is 53.5 Å². The molecule has 1 aromatic heterocycles. The highest BCUT2D eigenvalue weighted by Gasteiger charge is 2.23. The van der Waals surface area contributed by atoms with E-state index < -0.39 is 0 Å². The van der Waals surface area contributed by atoms with Gasteiger partial charge in [0.15, 0.2) is 5.96 Å². The van der Waals surface area contributed by atoms with Crippen molar-refractivity contribution in [3.8, 4) is 0 Å². The van der Waals surface area contributed by atoms with Crippen LogP contribution in [-0.2, 0) is 17.8 Å². The van der Waals surface area contributed by atoms with Crippen LogP contribution in [0.2, 0.25) is 0 Å². The molecule has 1 unspecified atom stereocenters. The smallest absolute Gasteiger partial charge is 0.191 e. The molecule has 1 aliphatic heterocycles. The number of nitrogens with one attached hydrogen (secondary N) is 2. The first-order chi connectivity index (χ1) is 14.7. The van der Waals surface area contributed by atoms with E-state index in [-0.39, 0.29) is 24.0 Å². The van der Waals surface area contributed by atoms with E-state index in [0.717, 1.165) is 51.9 Å². The Balaban J connectivity index is 0.00000341. The maximum Gasteiger partial charge on any atom is 0.191 e. The van der Waals surface area contributed by atoms with E-state index in [1.807, 2.05) is 11.3 Å². The number of hydrogen-bond donors (Lipinski definition) is 2. The monoisotopic (exact) mass is 557 g/mol. The quantitative estimate of drug-likeness (QED) is 0.281. The van der Waals surface area contributed by atoms with Gasteiger partial charge in [0.2, 0.25) is 0 Å². The highest BCUT2D eigenvalue weighted by Crippen LogP contribution is 2.25. The maximum atomic E-state index is 5.56. The minimum Gasteiger partial charge on any atom is -0.379 e. The van der Waals surface area contributed by atoms with E-state index in [2.05, 4.69) is 83.2 Å². The molecular formula is C23H36IN5OS. The lowest BCUT2D eigenvalue weighted by Crippen LogP contribution is -2.46. The summed E-state index contributed by atoms with van der Waals surface area (Å²) >= 11 is 1.82. The second-order valence-electron chi connectivity index (χ2n) is 7.76. The molecular weight excluding hydrogens is 521 g/mol. The van der Waals surface area contributed by atoms with Gasteiger partial charge in [-0.05, 0) is 43.6 Å². The topological polar surface area (TPSA) is 52.1 Å². The van der Waals surface area contributed by atoms with Crippen molar-refractivity contribution < 1.29 is 4.74 Å². The fraction of sp³-hybridized carbons (Fsp3) is 0.522. The molecule has 0 radical (unpaired) electrons. The van der Waals surface area contributed by atoms with Crippen LogP contribution in [0.4, 0.5) is 0 Å². The van der Waals surface area contributed by atoms with Crippen LogP contribution in [0, 0.1) is 0 Å². The molecule has 8 heteroatoms. The molecule has 0 aliphatic carbocycles. The van der Waals surface area contributed by atoms with Crippen LogP contribution in [0.25, 0.3) is 0 Å². The molecule has 6 nitrogen and oxygen atoms in total. The Bertz CT molecular complexity index is 778. The van der Waals surface area contributed by atoms with Crippen LogP contribution in [0.5, 0.6) is 0 Å². The van der Waals surface area contributed by atoms with Crippen molar-refractivity contribution in [2.45, 2.75) is 26.1 Å². The Hall–Kier alpha value is -1.20. The van der Waals surface area contributed by atoms with Gasteiger partial charge in [0, 0.05) is 37.6 Å². The molecule has 0 saturated carbocycles. The van der Waals surface area contributed by atoms with Gasteiger partial charge < -0.3 is 20.3 Å². The summed E-state index contributed by atoms with van der Waals surface area (Å²) in [6.07, 6.45) is 0. The van der Waals surface area contributed by atoms with Gasteiger partial charge in [0.1, 0.15) is 0 Å². The number of halogens is 1. The van der Waals surface area contributed by atoms with Crippen LogP contribution >= 0.6 is 35.3 Å². The van der Waals surface area contributed by atoms with Gasteiger partial charge in [0.25, 0.3) is 0 Å². The average molecular weight is 558 g/mol. The fourth-order valence-electron chi connectivity index (χ4n) is 3.69. The van der Waals surface area contributed by atoms with E-state index in [1.54, 1.807) is 0 Å². The minimum atomic E-state index is 0. The molecule has 2 N–H and O–H groups in total. The lowest BCUT2D eigenvalue weighted by Gasteiger charge is -2.34. The third kappa shape index (κ3) is 8.34. The molecule has 1 saturated heterocycles. The Kier molecular flexibility index (Phi) is 11.8. The van der Waals surface area contributed by atoms with Crippen LogP contribution in [0.1, 0.15) is 29.0 Å². The molecule has 0 spiro atoms. The van der Waals surface area contributed by atoms with Gasteiger partial charge in [-0.15, -0.1) is 35.3 Å². The summed E-state index contributed by atoms with van der Waals surface area (Å²) < 4.78 is 5.56. The Morgan fingerprint density at radius 2 is 1.87 bits per heavy atom. The molecule has 1 aromatic carbocycles. The molecule has 31 heavy (non-hydrogen) atoms. The second-order valence-corrected chi connectivity index (χ2v) is 8.74. The van der Waals surface area contributed by atoms with Gasteiger partial charge in [0.05, 0.1) is 25.8 Å². The van der Waals surface area contributed by atoms with Gasteiger partial charge >= 0.3 is 0 Å². The van der Waals surface area contributed by atoms with Crippen molar-refractivity contribution in [1.29, 1.82) is 0 Å². The summed E-state index contributed by atoms with van der Waals surface area (Å²) in [5.74, 6) is 0.868. The number of nitrogens with zero attached hydrogens (tertiary/aromatic N) is 3. The zero-order chi connectivity index (χ0) is 21.2. The molecule has 0 bridgehead atoms. The van der Waals surface area contributed by atoms with E-state index >= 15 is 0 Å². The molecule has 1 fully saturated rings. The van der Waals surface area contributed by atoms with E-state index in [0.29, 0.717) is 12.6 Å². The Morgan fingerprint density at radius 1 is 1.13 bits per heavy atom. The number of morpholine rings is 1. The number of benzene rings is 1. The molecule has 3 rings (SSSR count). The van der Waals surface area contributed by atoms with Crippen LogP contribution < -0.4 is 10.6 Å². The van der Waals surface area contributed by atoms with E-state index in [1.165, 1.54) is 16.0 Å². The highest BCUT2D eigenvalue weighted by atomic mass is 127. The molecule has 1 atom stereocenters. The summed E-state index contributed by atoms with van der Waals surface area (Å²) in [6, 6.07) is 13.3.